The summed E-state index contributed by atoms with van der Waals surface area (Å²) in [5, 5.41) is 0. The van der Waals surface area contributed by atoms with E-state index in [1.165, 1.54) is 12.8 Å². The second-order valence-electron chi connectivity index (χ2n) is 1.71. The van der Waals surface area contributed by atoms with Crippen molar-refractivity contribution in [3.05, 3.63) is 0 Å². The Bertz CT molecular complexity index is 20.0. The van der Waals surface area contributed by atoms with Gasteiger partial charge in [-0.2, -0.15) is 0 Å². The summed E-state index contributed by atoms with van der Waals surface area (Å²) in [6.07, 6.45) is 2.86. The Morgan fingerprint density at radius 2 is 2.33 bits per heavy atom. The van der Waals surface area contributed by atoms with Crippen LogP contribution in [0.3, 0.4) is 0 Å². The molecule has 0 nitrogen and oxygen atoms in total. The van der Waals surface area contributed by atoms with Gasteiger partial charge in [0.1, 0.15) is 0 Å². The second kappa shape index (κ2) is 5.22. The molecule has 6 heavy (non-hydrogen) atoms. The van der Waals surface area contributed by atoms with Gasteiger partial charge in [-0.1, -0.05) is 32.4 Å². The summed E-state index contributed by atoms with van der Waals surface area (Å²) in [5.41, 5.74) is 0. The minimum atomic E-state index is 0. The minimum absolute atomic E-state index is 0. The fraction of sp³-hybridized carbons (Fsp3) is 1.00. The summed E-state index contributed by atoms with van der Waals surface area (Å²) >= 11 is 0. The van der Waals surface area contributed by atoms with Crippen molar-refractivity contribution in [3.8, 4) is 0 Å². The molecule has 0 atom stereocenters. The van der Waals surface area contributed by atoms with Crippen molar-refractivity contribution in [3.63, 3.8) is 0 Å². The van der Waals surface area contributed by atoms with Gasteiger partial charge in [0.2, 0.25) is 0 Å². The summed E-state index contributed by atoms with van der Waals surface area (Å²) in [5.74, 6) is 0. The molecule has 1 heteroatoms. The fourth-order valence-corrected chi connectivity index (χ4v) is 1.50. The highest BCUT2D eigenvalue weighted by Gasteiger charge is 1.76. The molecule has 0 aliphatic carbocycles. The number of unbranched alkanes of at least 4 members (excludes halogenated alkanes) is 1. The van der Waals surface area contributed by atoms with Crippen LogP contribution in [-0.4, -0.2) is 9.52 Å². The molecule has 0 saturated heterocycles. The third-order valence-electron chi connectivity index (χ3n) is 0.957. The van der Waals surface area contributed by atoms with Crippen LogP contribution in [0.15, 0.2) is 0 Å². The minimum Gasteiger partial charge on any atom is -0.0748 e. The third-order valence-corrected chi connectivity index (χ3v) is 2.16. The lowest BCUT2D eigenvalue weighted by atomic mass is 10.4. The van der Waals surface area contributed by atoms with Gasteiger partial charge in [-0.05, 0) is 0 Å². The van der Waals surface area contributed by atoms with E-state index in [0.29, 0.717) is 9.52 Å². The fourth-order valence-electron chi connectivity index (χ4n) is 0.500. The molecular weight excluding hydrogens is 88.1 g/mol. The van der Waals surface area contributed by atoms with Gasteiger partial charge in [-0.15, -0.1) is 0 Å². The zero-order valence-corrected chi connectivity index (χ0v) is 6.24. The molecule has 0 spiro atoms. The Morgan fingerprint density at radius 3 is 2.50 bits per heavy atom. The van der Waals surface area contributed by atoms with Gasteiger partial charge >= 0.3 is 0 Å². The van der Waals surface area contributed by atoms with Gasteiger partial charge in [0, 0.05) is 10.9 Å². The smallest absolute Gasteiger partial charge is 0.0166 e. The Morgan fingerprint density at radius 1 is 1.67 bits per heavy atom. The molecule has 0 aliphatic rings. The number of hydrogen-bond acceptors (Lipinski definition) is 0. The molecule has 0 rings (SSSR count). The molecule has 0 bridgehead atoms. The van der Waals surface area contributed by atoms with Crippen molar-refractivity contribution < 1.29 is 1.43 Å². The number of hydrogen-bond donors (Lipinski definition) is 0. The van der Waals surface area contributed by atoms with E-state index in [1.54, 1.807) is 6.04 Å². The lowest BCUT2D eigenvalue weighted by Crippen LogP contribution is -1.76. The van der Waals surface area contributed by atoms with Crippen LogP contribution in [0.5, 0.6) is 0 Å². The Hall–Kier alpha value is 0.217. The number of rotatable bonds is 3. The SMILES string of the molecule is CCCC[SiH2]C.[HH]. The van der Waals surface area contributed by atoms with E-state index in [1.807, 2.05) is 0 Å². The Kier molecular flexibility index (Phi) is 5.41. The molecule has 0 aromatic rings. The highest BCUT2D eigenvalue weighted by atomic mass is 28.2. The van der Waals surface area contributed by atoms with Crippen LogP contribution in [0.25, 0.3) is 0 Å². The lowest BCUT2D eigenvalue weighted by molar-refractivity contribution is 0.880. The average molecular weight is 104 g/mol. The van der Waals surface area contributed by atoms with E-state index in [2.05, 4.69) is 13.5 Å². The molecule has 40 valence electrons. The quantitative estimate of drug-likeness (QED) is 0.377. The van der Waals surface area contributed by atoms with Gasteiger partial charge < -0.3 is 0 Å². The first kappa shape index (κ1) is 6.22. The third kappa shape index (κ3) is 4.22. The first-order valence-electron chi connectivity index (χ1n) is 2.91. The standard InChI is InChI=1S/C5H14Si.H2/c1-3-4-5-6-2;/h3-6H2,1-2H3;1H. The molecule has 0 aromatic heterocycles. The Balaban J connectivity index is 0. The van der Waals surface area contributed by atoms with Gasteiger partial charge in [0.15, 0.2) is 0 Å². The van der Waals surface area contributed by atoms with Gasteiger partial charge in [-0.25, -0.2) is 0 Å². The average Bonchev–Trinajstić information content (AvgIpc) is 1.61. The lowest BCUT2D eigenvalue weighted by Gasteiger charge is -1.85. The van der Waals surface area contributed by atoms with Crippen molar-refractivity contribution in [1.82, 2.24) is 0 Å². The first-order chi connectivity index (χ1) is 2.91. The molecule has 0 unspecified atom stereocenters. The van der Waals surface area contributed by atoms with Gasteiger partial charge in [0.25, 0.3) is 0 Å². The van der Waals surface area contributed by atoms with Crippen LogP contribution >= 0.6 is 0 Å². The molecular formula is C5H16Si. The molecule has 0 radical (unpaired) electrons. The highest BCUT2D eigenvalue weighted by molar-refractivity contribution is 6.33. The summed E-state index contributed by atoms with van der Waals surface area (Å²) in [7, 11) is 0.403. The van der Waals surface area contributed by atoms with Crippen LogP contribution in [-0.2, 0) is 0 Å². The summed E-state index contributed by atoms with van der Waals surface area (Å²) in [4.78, 5) is 0. The van der Waals surface area contributed by atoms with E-state index in [4.69, 9.17) is 0 Å². The predicted molar refractivity (Wildman–Crippen MR) is 36.2 cm³/mol. The van der Waals surface area contributed by atoms with E-state index in [9.17, 15) is 0 Å². The molecule has 0 amide bonds. The summed E-state index contributed by atoms with van der Waals surface area (Å²) in [6, 6.07) is 1.55. The van der Waals surface area contributed by atoms with Crippen LogP contribution in [0.4, 0.5) is 0 Å². The van der Waals surface area contributed by atoms with E-state index >= 15 is 0 Å². The molecule has 0 aliphatic heterocycles. The van der Waals surface area contributed by atoms with Gasteiger partial charge in [0.05, 0.1) is 0 Å². The summed E-state index contributed by atoms with van der Waals surface area (Å²) < 4.78 is 0. The highest BCUT2D eigenvalue weighted by Crippen LogP contribution is 1.90. The maximum Gasteiger partial charge on any atom is 0.0166 e. The van der Waals surface area contributed by atoms with Crippen molar-refractivity contribution in [2.24, 2.45) is 0 Å². The first-order valence-corrected chi connectivity index (χ1v) is 5.33. The second-order valence-corrected chi connectivity index (χ2v) is 3.41. The van der Waals surface area contributed by atoms with Crippen LogP contribution in [0, 0.1) is 0 Å². The molecule has 0 N–H and O–H groups in total. The van der Waals surface area contributed by atoms with E-state index in [-0.39, 0.29) is 1.43 Å². The van der Waals surface area contributed by atoms with Crippen molar-refractivity contribution in [2.75, 3.05) is 0 Å². The molecule has 0 fully saturated rings. The van der Waals surface area contributed by atoms with Crippen LogP contribution in [0.1, 0.15) is 21.2 Å². The monoisotopic (exact) mass is 104 g/mol. The van der Waals surface area contributed by atoms with Crippen molar-refractivity contribution in [2.45, 2.75) is 32.4 Å². The van der Waals surface area contributed by atoms with E-state index < -0.39 is 0 Å². The summed E-state index contributed by atoms with van der Waals surface area (Å²) in [6.45, 7) is 4.62. The topological polar surface area (TPSA) is 0 Å². The maximum atomic E-state index is 2.37. The normalized spacial score (nSPS) is 11.0. The largest absolute Gasteiger partial charge is 0.0748 e. The van der Waals surface area contributed by atoms with E-state index in [0.717, 1.165) is 0 Å². The van der Waals surface area contributed by atoms with Crippen molar-refractivity contribution >= 4 is 9.52 Å². The molecule has 0 heterocycles. The molecule has 0 aromatic carbocycles. The van der Waals surface area contributed by atoms with Gasteiger partial charge in [-0.3, -0.25) is 0 Å². The van der Waals surface area contributed by atoms with Crippen LogP contribution < -0.4 is 0 Å². The zero-order valence-electron chi connectivity index (χ0n) is 4.83. The molecule has 0 saturated carbocycles. The maximum absolute atomic E-state index is 2.37. The zero-order chi connectivity index (χ0) is 4.83. The predicted octanol–water partition coefficient (Wildman–Crippen LogP) is 1.67. The van der Waals surface area contributed by atoms with Crippen molar-refractivity contribution in [1.29, 1.82) is 0 Å². The Labute approximate surface area is 44.3 Å². The van der Waals surface area contributed by atoms with Crippen LogP contribution in [0.2, 0.25) is 12.6 Å².